The maximum absolute atomic E-state index is 11.9. The Hall–Kier alpha value is -2.76. The molecule has 1 amide bonds. The van der Waals surface area contributed by atoms with Gasteiger partial charge in [-0.25, -0.2) is 4.79 Å². The Morgan fingerprint density at radius 1 is 1.09 bits per heavy atom. The van der Waals surface area contributed by atoms with Crippen LogP contribution >= 0.6 is 0 Å². The van der Waals surface area contributed by atoms with Crippen molar-refractivity contribution < 1.29 is 14.3 Å². The number of hydrogen-bond acceptors (Lipinski definition) is 5. The Morgan fingerprint density at radius 3 is 2.30 bits per heavy atom. The zero-order valence-electron chi connectivity index (χ0n) is 13.6. The van der Waals surface area contributed by atoms with E-state index in [4.69, 9.17) is 4.74 Å². The normalized spacial score (nSPS) is 11.0. The fourth-order valence-electron chi connectivity index (χ4n) is 1.94. The highest BCUT2D eigenvalue weighted by Gasteiger charge is 2.18. The molecule has 0 aliphatic rings. The third-order valence-electron chi connectivity index (χ3n) is 2.85. The summed E-state index contributed by atoms with van der Waals surface area (Å²) in [6.45, 7) is 6.73. The summed E-state index contributed by atoms with van der Waals surface area (Å²) in [5.41, 5.74) is 1.03. The number of benzene rings is 1. The van der Waals surface area contributed by atoms with Crippen molar-refractivity contribution in [2.24, 2.45) is 0 Å². The summed E-state index contributed by atoms with van der Waals surface area (Å²) in [4.78, 5) is 23.7. The van der Waals surface area contributed by atoms with Crippen molar-refractivity contribution in [3.8, 4) is 11.3 Å². The van der Waals surface area contributed by atoms with Gasteiger partial charge in [0.15, 0.2) is 11.6 Å². The van der Waals surface area contributed by atoms with Crippen molar-refractivity contribution >= 4 is 17.7 Å². The molecule has 0 spiro atoms. The van der Waals surface area contributed by atoms with E-state index in [1.54, 1.807) is 20.8 Å². The number of hydrogen-bond donors (Lipinski definition) is 1. The number of ether oxygens (including phenoxy) is 1. The highest BCUT2D eigenvalue weighted by Crippen LogP contribution is 2.23. The van der Waals surface area contributed by atoms with Gasteiger partial charge in [0.25, 0.3) is 0 Å². The number of Topliss-reactive ketones (excluding diaryl/α,β-unsaturated/α-hetero) is 1. The minimum atomic E-state index is -0.645. The van der Waals surface area contributed by atoms with Crippen molar-refractivity contribution in [3.05, 3.63) is 42.0 Å². The van der Waals surface area contributed by atoms with Gasteiger partial charge in [0.1, 0.15) is 11.3 Å². The maximum atomic E-state index is 11.9. The zero-order chi connectivity index (χ0) is 17.0. The zero-order valence-corrected chi connectivity index (χ0v) is 13.6. The molecule has 0 bridgehead atoms. The first-order chi connectivity index (χ1) is 10.8. The van der Waals surface area contributed by atoms with Crippen LogP contribution in [0.3, 0.4) is 0 Å². The lowest BCUT2D eigenvalue weighted by molar-refractivity contribution is 0.0634. The van der Waals surface area contributed by atoms with Gasteiger partial charge in [-0.15, -0.1) is 10.2 Å². The molecule has 0 fully saturated rings. The van der Waals surface area contributed by atoms with E-state index in [-0.39, 0.29) is 11.6 Å². The Balaban J connectivity index is 2.30. The van der Waals surface area contributed by atoms with E-state index >= 15 is 0 Å². The van der Waals surface area contributed by atoms with Gasteiger partial charge in [-0.05, 0) is 33.8 Å². The molecule has 0 aliphatic heterocycles. The highest BCUT2D eigenvalue weighted by atomic mass is 16.6. The molecule has 1 N–H and O–H groups in total. The van der Waals surface area contributed by atoms with Crippen LogP contribution in [-0.2, 0) is 4.74 Å². The number of ketones is 1. The summed E-state index contributed by atoms with van der Waals surface area (Å²) >= 11 is 0. The van der Waals surface area contributed by atoms with Crippen molar-refractivity contribution in [3.63, 3.8) is 0 Å². The van der Waals surface area contributed by atoms with Crippen molar-refractivity contribution in [1.29, 1.82) is 0 Å². The van der Waals surface area contributed by atoms with Crippen LogP contribution in [0, 0.1) is 0 Å². The van der Waals surface area contributed by atoms with E-state index in [1.165, 1.54) is 13.0 Å². The number of nitrogens with one attached hydrogen (secondary N) is 1. The first-order valence-corrected chi connectivity index (χ1v) is 7.20. The highest BCUT2D eigenvalue weighted by molar-refractivity contribution is 6.00. The van der Waals surface area contributed by atoms with Gasteiger partial charge >= 0.3 is 6.09 Å². The number of nitrogens with zero attached hydrogens (tertiary/aromatic N) is 2. The molecule has 0 saturated carbocycles. The number of carbonyl (C=O) groups excluding carboxylic acids is 2. The smallest absolute Gasteiger partial charge is 0.413 e. The Kier molecular flexibility index (Phi) is 4.74. The van der Waals surface area contributed by atoms with Crippen LogP contribution < -0.4 is 5.32 Å². The number of rotatable bonds is 3. The van der Waals surface area contributed by atoms with Gasteiger partial charge in [-0.3, -0.25) is 10.1 Å². The predicted molar refractivity (Wildman–Crippen MR) is 87.3 cm³/mol. The lowest BCUT2D eigenvalue weighted by atomic mass is 10.0. The van der Waals surface area contributed by atoms with E-state index in [9.17, 15) is 9.59 Å². The summed E-state index contributed by atoms with van der Waals surface area (Å²) in [5, 5.41) is 10.5. The minimum absolute atomic E-state index is 0.161. The number of amides is 1. The van der Waals surface area contributed by atoms with Crippen LogP contribution in [0.25, 0.3) is 11.3 Å². The summed E-state index contributed by atoms with van der Waals surface area (Å²) in [6.07, 6.45) is -0.645. The van der Waals surface area contributed by atoms with Crippen molar-refractivity contribution in [2.75, 3.05) is 5.32 Å². The van der Waals surface area contributed by atoms with E-state index in [0.717, 1.165) is 5.56 Å². The van der Waals surface area contributed by atoms with Crippen LogP contribution in [0.1, 0.15) is 38.1 Å². The molecule has 2 aromatic rings. The molecule has 6 nitrogen and oxygen atoms in total. The molecule has 1 heterocycles. The largest absolute Gasteiger partial charge is 0.444 e. The lowest BCUT2D eigenvalue weighted by Crippen LogP contribution is -2.27. The summed E-state index contributed by atoms with van der Waals surface area (Å²) in [7, 11) is 0. The molecule has 0 radical (unpaired) electrons. The maximum Gasteiger partial charge on any atom is 0.413 e. The van der Waals surface area contributed by atoms with Crippen molar-refractivity contribution in [2.45, 2.75) is 33.3 Å². The number of carbonyl (C=O) groups is 2. The third-order valence-corrected chi connectivity index (χ3v) is 2.85. The fourth-order valence-corrected chi connectivity index (χ4v) is 1.94. The Bertz CT molecular complexity index is 722. The van der Waals surface area contributed by atoms with Gasteiger partial charge in [0.2, 0.25) is 0 Å². The summed E-state index contributed by atoms with van der Waals surface area (Å²) in [5.74, 6) is 0.00937. The van der Waals surface area contributed by atoms with Crippen LogP contribution in [0.4, 0.5) is 10.6 Å². The van der Waals surface area contributed by atoms with E-state index in [0.29, 0.717) is 11.3 Å². The predicted octanol–water partition coefficient (Wildman–Crippen LogP) is 3.69. The first kappa shape index (κ1) is 16.6. The second-order valence-electron chi connectivity index (χ2n) is 6.04. The lowest BCUT2D eigenvalue weighted by Gasteiger charge is -2.19. The quantitative estimate of drug-likeness (QED) is 0.874. The second kappa shape index (κ2) is 6.56. The average molecular weight is 313 g/mol. The molecule has 0 aliphatic carbocycles. The van der Waals surface area contributed by atoms with Gasteiger partial charge in [0, 0.05) is 11.1 Å². The summed E-state index contributed by atoms with van der Waals surface area (Å²) < 4.78 is 5.15. The molecule has 0 unspecified atom stereocenters. The molecule has 2 rings (SSSR count). The van der Waals surface area contributed by atoms with Crippen LogP contribution in [0.2, 0.25) is 0 Å². The molecule has 1 aromatic heterocycles. The molecule has 0 saturated heterocycles. The Morgan fingerprint density at radius 2 is 1.74 bits per heavy atom. The van der Waals surface area contributed by atoms with Crippen LogP contribution in [0.15, 0.2) is 36.4 Å². The van der Waals surface area contributed by atoms with Gasteiger partial charge < -0.3 is 4.74 Å². The first-order valence-electron chi connectivity index (χ1n) is 7.20. The van der Waals surface area contributed by atoms with Crippen LogP contribution in [0.5, 0.6) is 0 Å². The van der Waals surface area contributed by atoms with Gasteiger partial charge in [-0.1, -0.05) is 30.3 Å². The number of aromatic nitrogens is 2. The Labute approximate surface area is 134 Å². The fraction of sp³-hybridized carbons (Fsp3) is 0.294. The minimum Gasteiger partial charge on any atom is -0.444 e. The van der Waals surface area contributed by atoms with E-state index in [1.807, 2.05) is 30.3 Å². The average Bonchev–Trinajstić information content (AvgIpc) is 2.46. The molecule has 1 aromatic carbocycles. The molecule has 23 heavy (non-hydrogen) atoms. The SMILES string of the molecule is CC(=O)c1cc(NC(=O)OC(C)(C)C)nnc1-c1ccccc1. The third kappa shape index (κ3) is 4.60. The van der Waals surface area contributed by atoms with Crippen LogP contribution in [-0.4, -0.2) is 27.7 Å². The molecule has 6 heteroatoms. The topological polar surface area (TPSA) is 81.2 Å². The molecular weight excluding hydrogens is 294 g/mol. The van der Waals surface area contributed by atoms with E-state index in [2.05, 4.69) is 15.5 Å². The van der Waals surface area contributed by atoms with E-state index < -0.39 is 11.7 Å². The van der Waals surface area contributed by atoms with Crippen molar-refractivity contribution in [1.82, 2.24) is 10.2 Å². The molecule has 0 atom stereocenters. The standard InChI is InChI=1S/C17H19N3O3/c1-11(21)13-10-14(18-16(22)23-17(2,3)4)19-20-15(13)12-8-6-5-7-9-12/h5-10H,1-4H3,(H,18,19,22). The molecular formula is C17H19N3O3. The van der Waals surface area contributed by atoms with Gasteiger partial charge in [-0.2, -0.15) is 0 Å². The molecule has 120 valence electrons. The number of anilines is 1. The second-order valence-corrected chi connectivity index (χ2v) is 6.04. The van der Waals surface area contributed by atoms with Gasteiger partial charge in [0.05, 0.1) is 0 Å². The monoisotopic (exact) mass is 313 g/mol. The summed E-state index contributed by atoms with van der Waals surface area (Å²) in [6, 6.07) is 10.8.